The molecule has 20 heavy (non-hydrogen) atoms. The topological polar surface area (TPSA) is 79.0 Å². The highest BCUT2D eigenvalue weighted by atomic mass is 35.5. The molecule has 4 nitrogen and oxygen atoms in total. The molecular weight excluding hydrogens is 281 g/mol. The van der Waals surface area contributed by atoms with Gasteiger partial charge in [-0.1, -0.05) is 11.6 Å². The number of nitrogen functional groups attached to an aromatic ring is 1. The van der Waals surface area contributed by atoms with Crippen LogP contribution < -0.4 is 11.1 Å². The van der Waals surface area contributed by atoms with E-state index in [1.807, 2.05) is 0 Å². The fraction of sp³-hybridized carbons (Fsp3) is 0. The Kier molecular flexibility index (Phi) is 4.00. The van der Waals surface area contributed by atoms with Crippen LogP contribution in [0.2, 0.25) is 5.02 Å². The largest absolute Gasteiger partial charge is 0.398 e. The van der Waals surface area contributed by atoms with Crippen molar-refractivity contribution in [3.8, 4) is 0 Å². The van der Waals surface area contributed by atoms with Crippen molar-refractivity contribution in [2.45, 2.75) is 0 Å². The van der Waals surface area contributed by atoms with E-state index in [0.717, 1.165) is 12.3 Å². The van der Waals surface area contributed by atoms with Gasteiger partial charge >= 0.3 is 0 Å². The summed E-state index contributed by atoms with van der Waals surface area (Å²) < 4.78 is 13.3. The lowest BCUT2D eigenvalue weighted by Gasteiger charge is -2.07. The van der Waals surface area contributed by atoms with E-state index in [1.165, 1.54) is 30.3 Å². The van der Waals surface area contributed by atoms with Crippen LogP contribution in [0.15, 0.2) is 36.4 Å². The van der Waals surface area contributed by atoms with E-state index in [1.54, 1.807) is 0 Å². The molecule has 0 saturated carbocycles. The number of nitrogens with two attached hydrogens (primary N) is 1. The van der Waals surface area contributed by atoms with E-state index >= 15 is 0 Å². The molecule has 4 N–H and O–H groups in total. The van der Waals surface area contributed by atoms with Crippen LogP contribution in [0.3, 0.4) is 0 Å². The molecule has 0 saturated heterocycles. The van der Waals surface area contributed by atoms with Crippen molar-refractivity contribution in [3.05, 3.63) is 58.4 Å². The van der Waals surface area contributed by atoms with Gasteiger partial charge in [-0.3, -0.25) is 4.79 Å². The molecule has 0 bridgehead atoms. The van der Waals surface area contributed by atoms with Crippen molar-refractivity contribution >= 4 is 35.1 Å². The van der Waals surface area contributed by atoms with Gasteiger partial charge in [0.2, 0.25) is 0 Å². The maximum atomic E-state index is 13.3. The first-order valence-corrected chi connectivity index (χ1v) is 6.05. The number of benzene rings is 2. The second kappa shape index (κ2) is 5.71. The molecule has 0 aromatic heterocycles. The molecule has 0 fully saturated rings. The van der Waals surface area contributed by atoms with Gasteiger partial charge in [0.05, 0.1) is 5.02 Å². The number of nitrogens with one attached hydrogen (secondary N) is 2. The van der Waals surface area contributed by atoms with Crippen LogP contribution >= 0.6 is 11.6 Å². The van der Waals surface area contributed by atoms with Crippen LogP contribution in [0.25, 0.3) is 0 Å². The van der Waals surface area contributed by atoms with Crippen molar-refractivity contribution in [2.24, 2.45) is 0 Å². The Labute approximate surface area is 119 Å². The highest BCUT2D eigenvalue weighted by Crippen LogP contribution is 2.20. The van der Waals surface area contributed by atoms with Gasteiger partial charge in [-0.2, -0.15) is 0 Å². The zero-order chi connectivity index (χ0) is 14.7. The van der Waals surface area contributed by atoms with Gasteiger partial charge in [0.1, 0.15) is 5.82 Å². The molecule has 0 unspecified atom stereocenters. The number of halogens is 2. The molecule has 0 heterocycles. The number of carbonyl (C=O) groups excluding carboxylic acids is 1. The summed E-state index contributed by atoms with van der Waals surface area (Å²) >= 11 is 5.56. The Morgan fingerprint density at radius 2 is 2.05 bits per heavy atom. The molecule has 0 aliphatic rings. The molecule has 2 rings (SSSR count). The van der Waals surface area contributed by atoms with Gasteiger partial charge in [0.15, 0.2) is 0 Å². The van der Waals surface area contributed by atoms with E-state index in [2.05, 4.69) is 5.32 Å². The molecule has 2 aromatic rings. The van der Waals surface area contributed by atoms with Crippen molar-refractivity contribution in [1.29, 1.82) is 5.41 Å². The minimum atomic E-state index is -0.609. The van der Waals surface area contributed by atoms with E-state index in [-0.39, 0.29) is 5.02 Å². The number of carbonyl (C=O) groups is 1. The number of hydrogen-bond donors (Lipinski definition) is 3. The monoisotopic (exact) mass is 291 g/mol. The van der Waals surface area contributed by atoms with Crippen molar-refractivity contribution in [2.75, 3.05) is 11.1 Å². The van der Waals surface area contributed by atoms with Gasteiger partial charge in [-0.15, -0.1) is 0 Å². The number of hydrogen-bond acceptors (Lipinski definition) is 3. The van der Waals surface area contributed by atoms with Crippen molar-refractivity contribution < 1.29 is 9.18 Å². The first-order chi connectivity index (χ1) is 9.51. The van der Waals surface area contributed by atoms with Crippen LogP contribution in [-0.2, 0) is 0 Å². The number of rotatable bonds is 3. The molecule has 0 radical (unpaired) electrons. The zero-order valence-corrected chi connectivity index (χ0v) is 11.0. The van der Waals surface area contributed by atoms with Gasteiger partial charge in [-0.05, 0) is 36.4 Å². The Bertz CT molecular complexity index is 688. The summed E-state index contributed by atoms with van der Waals surface area (Å²) in [6, 6.07) is 8.55. The third-order valence-electron chi connectivity index (χ3n) is 2.68. The van der Waals surface area contributed by atoms with Gasteiger partial charge in [0.25, 0.3) is 5.91 Å². The summed E-state index contributed by atoms with van der Waals surface area (Å²) in [6.45, 7) is 0. The third kappa shape index (κ3) is 2.95. The Hall–Kier alpha value is -2.40. The Balaban J connectivity index is 2.23. The molecule has 6 heteroatoms. The van der Waals surface area contributed by atoms with Crippen LogP contribution in [0.1, 0.15) is 15.9 Å². The Morgan fingerprint density at radius 3 is 2.70 bits per heavy atom. The van der Waals surface area contributed by atoms with Gasteiger partial charge < -0.3 is 16.5 Å². The molecular formula is C14H11ClFN3O. The van der Waals surface area contributed by atoms with Crippen LogP contribution in [0, 0.1) is 11.2 Å². The summed E-state index contributed by atoms with van der Waals surface area (Å²) in [5.41, 5.74) is 7.12. The maximum Gasteiger partial charge on any atom is 0.255 e. The lowest BCUT2D eigenvalue weighted by molar-refractivity contribution is 0.102. The van der Waals surface area contributed by atoms with Crippen LogP contribution in [0.5, 0.6) is 0 Å². The highest BCUT2D eigenvalue weighted by Gasteiger charge is 2.09. The molecule has 0 spiro atoms. The van der Waals surface area contributed by atoms with Gasteiger partial charge in [-0.25, -0.2) is 4.39 Å². The summed E-state index contributed by atoms with van der Waals surface area (Å²) in [5.74, 6) is -1.03. The van der Waals surface area contributed by atoms with E-state index in [9.17, 15) is 9.18 Å². The third-order valence-corrected chi connectivity index (χ3v) is 2.99. The predicted octanol–water partition coefficient (Wildman–Crippen LogP) is 3.31. The highest BCUT2D eigenvalue weighted by molar-refractivity contribution is 6.30. The quantitative estimate of drug-likeness (QED) is 0.599. The lowest BCUT2D eigenvalue weighted by Crippen LogP contribution is -2.12. The lowest BCUT2D eigenvalue weighted by atomic mass is 10.1. The molecule has 0 aliphatic heterocycles. The normalized spacial score (nSPS) is 10.1. The summed E-state index contributed by atoms with van der Waals surface area (Å²) in [4.78, 5) is 12.0. The SMILES string of the molecule is N=Cc1cc(C(=O)Nc2ccc(Cl)c(F)c2)ccc1N. The first-order valence-electron chi connectivity index (χ1n) is 5.67. The summed E-state index contributed by atoms with van der Waals surface area (Å²) in [5, 5.41) is 9.73. The zero-order valence-electron chi connectivity index (χ0n) is 10.3. The predicted molar refractivity (Wildman–Crippen MR) is 78.1 cm³/mol. The molecule has 2 aromatic carbocycles. The van der Waals surface area contributed by atoms with E-state index < -0.39 is 11.7 Å². The maximum absolute atomic E-state index is 13.3. The second-order valence-electron chi connectivity index (χ2n) is 4.07. The minimum absolute atomic E-state index is 0.0124. The Morgan fingerprint density at radius 1 is 1.30 bits per heavy atom. The first kappa shape index (κ1) is 14.0. The fourth-order valence-corrected chi connectivity index (χ4v) is 1.74. The average molecular weight is 292 g/mol. The number of anilines is 2. The van der Waals surface area contributed by atoms with Crippen molar-refractivity contribution in [3.63, 3.8) is 0 Å². The molecule has 0 atom stereocenters. The van der Waals surface area contributed by atoms with Crippen LogP contribution in [0.4, 0.5) is 15.8 Å². The van der Waals surface area contributed by atoms with Crippen LogP contribution in [-0.4, -0.2) is 12.1 Å². The molecule has 102 valence electrons. The average Bonchev–Trinajstić information content (AvgIpc) is 2.43. The number of amides is 1. The van der Waals surface area contributed by atoms with E-state index in [0.29, 0.717) is 22.5 Å². The fourth-order valence-electron chi connectivity index (χ4n) is 1.62. The van der Waals surface area contributed by atoms with E-state index in [4.69, 9.17) is 22.7 Å². The summed E-state index contributed by atoms with van der Waals surface area (Å²) in [7, 11) is 0. The minimum Gasteiger partial charge on any atom is -0.398 e. The smallest absolute Gasteiger partial charge is 0.255 e. The van der Waals surface area contributed by atoms with Crippen molar-refractivity contribution in [1.82, 2.24) is 0 Å². The second-order valence-corrected chi connectivity index (χ2v) is 4.48. The standard InChI is InChI=1S/C14H11ClFN3O/c15-11-3-2-10(6-12(11)16)19-14(20)8-1-4-13(18)9(5-8)7-17/h1-7,17H,18H2,(H,19,20). The molecule has 1 amide bonds. The summed E-state index contributed by atoms with van der Waals surface area (Å²) in [6.07, 6.45) is 1.06. The van der Waals surface area contributed by atoms with Gasteiger partial charge in [0, 0.05) is 28.7 Å². The molecule has 0 aliphatic carbocycles.